The SMILES string of the molecule is CC1CCCC(O)(CNC(C)C(=O)N2CCOCC2)C1. The number of nitrogens with zero attached hydrogens (tertiary/aromatic N) is 1. The molecular formula is C15H28N2O3. The molecule has 0 aromatic heterocycles. The van der Waals surface area contributed by atoms with Crippen LogP contribution in [0.15, 0.2) is 0 Å². The quantitative estimate of drug-likeness (QED) is 0.800. The van der Waals surface area contributed by atoms with Gasteiger partial charge in [-0.1, -0.05) is 19.8 Å². The number of ether oxygens (including phenoxy) is 1. The van der Waals surface area contributed by atoms with Crippen molar-refractivity contribution < 1.29 is 14.6 Å². The summed E-state index contributed by atoms with van der Waals surface area (Å²) in [5.41, 5.74) is -0.642. The number of rotatable bonds is 4. The highest BCUT2D eigenvalue weighted by Crippen LogP contribution is 2.31. The topological polar surface area (TPSA) is 61.8 Å². The number of carbonyl (C=O) groups excluding carboxylic acids is 1. The van der Waals surface area contributed by atoms with Crippen molar-refractivity contribution >= 4 is 5.91 Å². The molecule has 3 unspecified atom stereocenters. The fourth-order valence-electron chi connectivity index (χ4n) is 3.28. The summed E-state index contributed by atoms with van der Waals surface area (Å²) in [6.07, 6.45) is 3.94. The highest BCUT2D eigenvalue weighted by atomic mass is 16.5. The Labute approximate surface area is 121 Å². The van der Waals surface area contributed by atoms with Gasteiger partial charge in [0.05, 0.1) is 24.9 Å². The van der Waals surface area contributed by atoms with Gasteiger partial charge < -0.3 is 20.1 Å². The fourth-order valence-corrected chi connectivity index (χ4v) is 3.28. The van der Waals surface area contributed by atoms with E-state index in [0.717, 1.165) is 19.3 Å². The van der Waals surface area contributed by atoms with E-state index in [1.54, 1.807) is 0 Å². The standard InChI is InChI=1S/C15H28N2O3/c1-12-4-3-5-15(19,10-12)11-16-13(2)14(18)17-6-8-20-9-7-17/h12-13,16,19H,3-11H2,1-2H3. The van der Waals surface area contributed by atoms with Gasteiger partial charge in [-0.05, 0) is 25.7 Å². The third-order valence-corrected chi connectivity index (χ3v) is 4.50. The predicted molar refractivity (Wildman–Crippen MR) is 77.4 cm³/mol. The van der Waals surface area contributed by atoms with Crippen LogP contribution in [0.25, 0.3) is 0 Å². The first-order valence-corrected chi connectivity index (χ1v) is 7.82. The molecule has 5 nitrogen and oxygen atoms in total. The van der Waals surface area contributed by atoms with Crippen LogP contribution in [0.1, 0.15) is 39.5 Å². The van der Waals surface area contributed by atoms with E-state index in [1.807, 2.05) is 11.8 Å². The van der Waals surface area contributed by atoms with E-state index in [1.165, 1.54) is 6.42 Å². The molecule has 0 aromatic carbocycles. The molecule has 1 aliphatic heterocycles. The minimum Gasteiger partial charge on any atom is -0.389 e. The number of amides is 1. The molecule has 2 fully saturated rings. The first kappa shape index (κ1) is 15.7. The third-order valence-electron chi connectivity index (χ3n) is 4.50. The second-order valence-electron chi connectivity index (χ2n) is 6.47. The zero-order valence-electron chi connectivity index (χ0n) is 12.7. The van der Waals surface area contributed by atoms with Crippen LogP contribution < -0.4 is 5.32 Å². The monoisotopic (exact) mass is 284 g/mol. The highest BCUT2D eigenvalue weighted by molar-refractivity contribution is 5.81. The highest BCUT2D eigenvalue weighted by Gasteiger charge is 2.33. The summed E-state index contributed by atoms with van der Waals surface area (Å²) < 4.78 is 5.26. The van der Waals surface area contributed by atoms with Crippen LogP contribution in [0, 0.1) is 5.92 Å². The minimum atomic E-state index is -0.642. The lowest BCUT2D eigenvalue weighted by Crippen LogP contribution is -2.53. The van der Waals surface area contributed by atoms with Crippen molar-refractivity contribution in [1.82, 2.24) is 10.2 Å². The molecular weight excluding hydrogens is 256 g/mol. The molecule has 20 heavy (non-hydrogen) atoms. The lowest BCUT2D eigenvalue weighted by molar-refractivity contribution is -0.137. The van der Waals surface area contributed by atoms with Crippen molar-refractivity contribution in [2.24, 2.45) is 5.92 Å². The number of morpholine rings is 1. The maximum Gasteiger partial charge on any atom is 0.239 e. The van der Waals surface area contributed by atoms with Gasteiger partial charge in [-0.3, -0.25) is 4.79 Å². The van der Waals surface area contributed by atoms with Crippen LogP contribution in [-0.2, 0) is 9.53 Å². The molecule has 5 heteroatoms. The van der Waals surface area contributed by atoms with Crippen LogP contribution in [0.5, 0.6) is 0 Å². The van der Waals surface area contributed by atoms with Gasteiger partial charge in [-0.25, -0.2) is 0 Å². The maximum atomic E-state index is 12.3. The summed E-state index contributed by atoms with van der Waals surface area (Å²) in [6, 6.07) is -0.241. The van der Waals surface area contributed by atoms with Crippen molar-refractivity contribution in [3.05, 3.63) is 0 Å². The van der Waals surface area contributed by atoms with Crippen LogP contribution in [0.4, 0.5) is 0 Å². The third kappa shape index (κ3) is 4.17. The first-order chi connectivity index (χ1) is 9.50. The van der Waals surface area contributed by atoms with Gasteiger partial charge in [0.2, 0.25) is 5.91 Å². The summed E-state index contributed by atoms with van der Waals surface area (Å²) in [7, 11) is 0. The summed E-state index contributed by atoms with van der Waals surface area (Å²) in [6.45, 7) is 7.17. The van der Waals surface area contributed by atoms with Crippen LogP contribution >= 0.6 is 0 Å². The lowest BCUT2D eigenvalue weighted by atomic mass is 9.79. The Morgan fingerprint density at radius 2 is 2.20 bits per heavy atom. The van der Waals surface area contributed by atoms with E-state index in [2.05, 4.69) is 12.2 Å². The van der Waals surface area contributed by atoms with Gasteiger partial charge in [-0.15, -0.1) is 0 Å². The second-order valence-corrected chi connectivity index (χ2v) is 6.47. The molecule has 2 rings (SSSR count). The number of aliphatic hydroxyl groups is 1. The average Bonchev–Trinajstić information content (AvgIpc) is 2.45. The Morgan fingerprint density at radius 3 is 2.85 bits per heavy atom. The van der Waals surface area contributed by atoms with Crippen molar-refractivity contribution in [2.75, 3.05) is 32.8 Å². The molecule has 2 N–H and O–H groups in total. The number of hydrogen-bond donors (Lipinski definition) is 2. The van der Waals surface area contributed by atoms with Crippen LogP contribution in [0.2, 0.25) is 0 Å². The lowest BCUT2D eigenvalue weighted by Gasteiger charge is -2.37. The molecule has 2 aliphatic rings. The van der Waals surface area contributed by atoms with E-state index in [-0.39, 0.29) is 11.9 Å². The number of nitrogens with one attached hydrogen (secondary N) is 1. The second kappa shape index (κ2) is 6.87. The maximum absolute atomic E-state index is 12.3. The molecule has 0 radical (unpaired) electrons. The Morgan fingerprint density at radius 1 is 1.50 bits per heavy atom. The average molecular weight is 284 g/mol. The fraction of sp³-hybridized carbons (Fsp3) is 0.933. The van der Waals surface area contributed by atoms with Gasteiger partial charge in [0, 0.05) is 19.6 Å². The van der Waals surface area contributed by atoms with Crippen LogP contribution in [-0.4, -0.2) is 60.4 Å². The summed E-state index contributed by atoms with van der Waals surface area (Å²) >= 11 is 0. The van der Waals surface area contributed by atoms with Gasteiger partial charge in [0.1, 0.15) is 0 Å². The van der Waals surface area contributed by atoms with E-state index >= 15 is 0 Å². The molecule has 1 heterocycles. The van der Waals surface area contributed by atoms with Gasteiger partial charge in [-0.2, -0.15) is 0 Å². The van der Waals surface area contributed by atoms with E-state index < -0.39 is 5.60 Å². The Kier molecular flexibility index (Phi) is 5.41. The molecule has 116 valence electrons. The van der Waals surface area contributed by atoms with Crippen molar-refractivity contribution in [1.29, 1.82) is 0 Å². The van der Waals surface area contributed by atoms with Gasteiger partial charge in [0.15, 0.2) is 0 Å². The van der Waals surface area contributed by atoms with Crippen molar-refractivity contribution in [2.45, 2.75) is 51.2 Å². The Hall–Kier alpha value is -0.650. The van der Waals surface area contributed by atoms with Crippen molar-refractivity contribution in [3.63, 3.8) is 0 Å². The molecule has 0 bridgehead atoms. The van der Waals surface area contributed by atoms with Gasteiger partial charge in [0.25, 0.3) is 0 Å². The zero-order valence-corrected chi connectivity index (χ0v) is 12.7. The Balaban J connectivity index is 1.78. The van der Waals surface area contributed by atoms with Crippen LogP contribution in [0.3, 0.4) is 0 Å². The molecule has 1 amide bonds. The first-order valence-electron chi connectivity index (χ1n) is 7.82. The van der Waals surface area contributed by atoms with Crippen molar-refractivity contribution in [3.8, 4) is 0 Å². The molecule has 3 atom stereocenters. The zero-order chi connectivity index (χ0) is 14.6. The van der Waals surface area contributed by atoms with E-state index in [4.69, 9.17) is 4.74 Å². The van der Waals surface area contributed by atoms with E-state index in [9.17, 15) is 9.90 Å². The summed E-state index contributed by atoms with van der Waals surface area (Å²) in [4.78, 5) is 14.1. The predicted octanol–water partition coefficient (Wildman–Crippen LogP) is 0.765. The minimum absolute atomic E-state index is 0.112. The Bertz CT molecular complexity index is 331. The molecule has 1 saturated heterocycles. The number of hydrogen-bond acceptors (Lipinski definition) is 4. The van der Waals surface area contributed by atoms with E-state index in [0.29, 0.717) is 38.8 Å². The summed E-state index contributed by atoms with van der Waals surface area (Å²) in [5.74, 6) is 0.682. The molecule has 1 aliphatic carbocycles. The molecule has 0 spiro atoms. The molecule has 0 aromatic rings. The van der Waals surface area contributed by atoms with Gasteiger partial charge >= 0.3 is 0 Å². The largest absolute Gasteiger partial charge is 0.389 e. The smallest absolute Gasteiger partial charge is 0.239 e. The normalized spacial score (nSPS) is 33.0. The number of carbonyl (C=O) groups is 1. The molecule has 1 saturated carbocycles. The summed E-state index contributed by atoms with van der Waals surface area (Å²) in [5, 5.41) is 13.8.